The highest BCUT2D eigenvalue weighted by molar-refractivity contribution is 5.78. The summed E-state index contributed by atoms with van der Waals surface area (Å²) in [6.07, 6.45) is 9.26. The van der Waals surface area contributed by atoms with E-state index in [1.165, 1.54) is 19.3 Å². The number of amides is 3. The number of likely N-dealkylation sites (tertiary alicyclic amines) is 1. The van der Waals surface area contributed by atoms with Crippen molar-refractivity contribution in [3.05, 3.63) is 24.2 Å². The van der Waals surface area contributed by atoms with Crippen LogP contribution in [-0.4, -0.2) is 48.6 Å². The maximum absolute atomic E-state index is 12.1. The molecular formula is C19H30N4O3. The van der Waals surface area contributed by atoms with Gasteiger partial charge >= 0.3 is 6.03 Å². The lowest BCUT2D eigenvalue weighted by Crippen LogP contribution is -2.51. The van der Waals surface area contributed by atoms with E-state index >= 15 is 0 Å². The van der Waals surface area contributed by atoms with Gasteiger partial charge in [0.2, 0.25) is 5.91 Å². The zero-order valence-electron chi connectivity index (χ0n) is 15.3. The molecule has 2 aliphatic rings. The van der Waals surface area contributed by atoms with Crippen LogP contribution in [0.2, 0.25) is 0 Å². The summed E-state index contributed by atoms with van der Waals surface area (Å²) in [5.41, 5.74) is 0. The largest absolute Gasteiger partial charge is 0.467 e. The Bertz CT molecular complexity index is 561. The fourth-order valence-corrected chi connectivity index (χ4v) is 3.75. The fraction of sp³-hybridized carbons (Fsp3) is 0.684. The number of hydrogen-bond donors (Lipinski definition) is 3. The summed E-state index contributed by atoms with van der Waals surface area (Å²) in [5, 5.41) is 9.06. The highest BCUT2D eigenvalue weighted by atomic mass is 16.3. The predicted molar refractivity (Wildman–Crippen MR) is 98.6 cm³/mol. The fourth-order valence-electron chi connectivity index (χ4n) is 3.75. The Hall–Kier alpha value is -2.02. The number of hydrogen-bond acceptors (Lipinski definition) is 4. The maximum Gasteiger partial charge on any atom is 0.315 e. The Kier molecular flexibility index (Phi) is 6.94. The summed E-state index contributed by atoms with van der Waals surface area (Å²) >= 11 is 0. The minimum absolute atomic E-state index is 0.00264. The van der Waals surface area contributed by atoms with Gasteiger partial charge in [-0.1, -0.05) is 19.3 Å². The molecule has 144 valence electrons. The van der Waals surface area contributed by atoms with Gasteiger partial charge in [-0.15, -0.1) is 0 Å². The first kappa shape index (κ1) is 18.8. The third-order valence-electron chi connectivity index (χ3n) is 5.27. The van der Waals surface area contributed by atoms with Crippen molar-refractivity contribution < 1.29 is 14.0 Å². The monoisotopic (exact) mass is 362 g/mol. The molecule has 0 radical (unpaired) electrons. The summed E-state index contributed by atoms with van der Waals surface area (Å²) in [6, 6.07) is 4.15. The van der Waals surface area contributed by atoms with E-state index in [4.69, 9.17) is 4.42 Å². The van der Waals surface area contributed by atoms with Crippen molar-refractivity contribution in [3.8, 4) is 0 Å². The second kappa shape index (κ2) is 9.62. The lowest BCUT2D eigenvalue weighted by molar-refractivity contribution is -0.122. The molecule has 2 heterocycles. The van der Waals surface area contributed by atoms with Crippen LogP contribution >= 0.6 is 0 Å². The SMILES string of the molecule is O=C(CN1CCC(NC(=O)NC2CCCCC2)CC1)NCc1ccco1. The summed E-state index contributed by atoms with van der Waals surface area (Å²) < 4.78 is 5.20. The van der Waals surface area contributed by atoms with Crippen molar-refractivity contribution in [2.24, 2.45) is 0 Å². The van der Waals surface area contributed by atoms with Crippen LogP contribution in [0.15, 0.2) is 22.8 Å². The molecule has 0 unspecified atom stereocenters. The van der Waals surface area contributed by atoms with E-state index in [1.54, 1.807) is 6.26 Å². The molecule has 0 spiro atoms. The minimum atomic E-state index is -0.0356. The van der Waals surface area contributed by atoms with E-state index in [1.807, 2.05) is 12.1 Å². The van der Waals surface area contributed by atoms with Gasteiger partial charge in [-0.2, -0.15) is 0 Å². The molecule has 26 heavy (non-hydrogen) atoms. The van der Waals surface area contributed by atoms with Gasteiger partial charge in [-0.05, 0) is 37.8 Å². The molecule has 0 aromatic carbocycles. The van der Waals surface area contributed by atoms with Crippen LogP contribution in [0.3, 0.4) is 0 Å². The molecular weight excluding hydrogens is 332 g/mol. The molecule has 1 saturated carbocycles. The number of nitrogens with one attached hydrogen (secondary N) is 3. The van der Waals surface area contributed by atoms with Crippen molar-refractivity contribution in [3.63, 3.8) is 0 Å². The molecule has 1 aromatic heterocycles. The topological polar surface area (TPSA) is 86.6 Å². The van der Waals surface area contributed by atoms with Crippen molar-refractivity contribution >= 4 is 11.9 Å². The summed E-state index contributed by atoms with van der Waals surface area (Å²) in [7, 11) is 0. The van der Waals surface area contributed by atoms with Crippen molar-refractivity contribution in [2.45, 2.75) is 63.6 Å². The lowest BCUT2D eigenvalue weighted by atomic mass is 9.96. The maximum atomic E-state index is 12.1. The van der Waals surface area contributed by atoms with Gasteiger partial charge in [0.1, 0.15) is 5.76 Å². The summed E-state index contributed by atoms with van der Waals surface area (Å²) in [4.78, 5) is 26.3. The van der Waals surface area contributed by atoms with Crippen LogP contribution in [0.1, 0.15) is 50.7 Å². The second-order valence-corrected chi connectivity index (χ2v) is 7.36. The number of piperidine rings is 1. The van der Waals surface area contributed by atoms with E-state index in [2.05, 4.69) is 20.9 Å². The summed E-state index contributed by atoms with van der Waals surface area (Å²) in [5.74, 6) is 0.757. The van der Waals surface area contributed by atoms with Crippen LogP contribution in [0.25, 0.3) is 0 Å². The van der Waals surface area contributed by atoms with E-state index in [0.29, 0.717) is 19.1 Å². The minimum Gasteiger partial charge on any atom is -0.467 e. The third kappa shape index (κ3) is 6.05. The molecule has 1 aromatic rings. The Balaban J connectivity index is 1.29. The summed E-state index contributed by atoms with van der Waals surface area (Å²) in [6.45, 7) is 2.46. The molecule has 0 atom stereocenters. The van der Waals surface area contributed by atoms with Crippen LogP contribution in [0, 0.1) is 0 Å². The van der Waals surface area contributed by atoms with Gasteiger partial charge < -0.3 is 20.4 Å². The number of carbonyl (C=O) groups excluding carboxylic acids is 2. The quantitative estimate of drug-likeness (QED) is 0.722. The molecule has 7 heteroatoms. The molecule has 3 rings (SSSR count). The Morgan fingerprint density at radius 1 is 1.04 bits per heavy atom. The van der Waals surface area contributed by atoms with Gasteiger partial charge in [-0.3, -0.25) is 9.69 Å². The second-order valence-electron chi connectivity index (χ2n) is 7.36. The van der Waals surface area contributed by atoms with E-state index in [9.17, 15) is 9.59 Å². The standard InChI is InChI=1S/C19H30N4O3/c24-18(20-13-17-7-4-12-26-17)14-23-10-8-16(9-11-23)22-19(25)21-15-5-2-1-3-6-15/h4,7,12,15-16H,1-3,5-6,8-11,13-14H2,(H,20,24)(H2,21,22,25). The highest BCUT2D eigenvalue weighted by Gasteiger charge is 2.23. The molecule has 7 nitrogen and oxygen atoms in total. The molecule has 0 bridgehead atoms. The Morgan fingerprint density at radius 3 is 2.38 bits per heavy atom. The van der Waals surface area contributed by atoms with Crippen molar-refractivity contribution in [1.82, 2.24) is 20.9 Å². The molecule has 1 aliphatic heterocycles. The van der Waals surface area contributed by atoms with Gasteiger partial charge in [0.25, 0.3) is 0 Å². The van der Waals surface area contributed by atoms with E-state index in [-0.39, 0.29) is 18.0 Å². The number of rotatable bonds is 6. The van der Waals surface area contributed by atoms with Crippen LogP contribution < -0.4 is 16.0 Å². The molecule has 2 fully saturated rings. The smallest absolute Gasteiger partial charge is 0.315 e. The Labute approximate surface area is 154 Å². The molecule has 3 N–H and O–H groups in total. The van der Waals surface area contributed by atoms with Gasteiger partial charge in [0, 0.05) is 25.2 Å². The zero-order valence-corrected chi connectivity index (χ0v) is 15.3. The number of carbonyl (C=O) groups is 2. The first-order valence-corrected chi connectivity index (χ1v) is 9.77. The van der Waals surface area contributed by atoms with Crippen LogP contribution in [0.4, 0.5) is 4.79 Å². The lowest BCUT2D eigenvalue weighted by Gasteiger charge is -2.32. The first-order chi connectivity index (χ1) is 12.7. The van der Waals surface area contributed by atoms with Crippen molar-refractivity contribution in [1.29, 1.82) is 0 Å². The van der Waals surface area contributed by atoms with Gasteiger partial charge in [0.15, 0.2) is 0 Å². The molecule has 1 saturated heterocycles. The first-order valence-electron chi connectivity index (χ1n) is 9.77. The number of furan rings is 1. The van der Waals surface area contributed by atoms with E-state index in [0.717, 1.165) is 44.5 Å². The van der Waals surface area contributed by atoms with Gasteiger partial charge in [0.05, 0.1) is 19.4 Å². The zero-order chi connectivity index (χ0) is 18.2. The van der Waals surface area contributed by atoms with Crippen LogP contribution in [-0.2, 0) is 11.3 Å². The predicted octanol–water partition coefficient (Wildman–Crippen LogP) is 1.99. The molecule has 1 aliphatic carbocycles. The Morgan fingerprint density at radius 2 is 1.73 bits per heavy atom. The number of urea groups is 1. The van der Waals surface area contributed by atoms with Crippen LogP contribution in [0.5, 0.6) is 0 Å². The normalized spacial score (nSPS) is 19.8. The average Bonchev–Trinajstić information content (AvgIpc) is 3.16. The van der Waals surface area contributed by atoms with Gasteiger partial charge in [-0.25, -0.2) is 4.79 Å². The third-order valence-corrected chi connectivity index (χ3v) is 5.27. The van der Waals surface area contributed by atoms with Crippen molar-refractivity contribution in [2.75, 3.05) is 19.6 Å². The van der Waals surface area contributed by atoms with E-state index < -0.39 is 0 Å². The molecule has 3 amide bonds. The average molecular weight is 362 g/mol. The highest BCUT2D eigenvalue weighted by Crippen LogP contribution is 2.17. The number of nitrogens with zero attached hydrogens (tertiary/aromatic N) is 1.